The van der Waals surface area contributed by atoms with Crippen LogP contribution < -0.4 is 5.32 Å². The summed E-state index contributed by atoms with van der Waals surface area (Å²) in [5.41, 5.74) is 0. The standard InChI is InChI=1S/C16H28N2S/c1-12(2)10-14(11-18(3)4)17-16(13-7-8-13)15-6-5-9-19-15/h5-6,9,12-14,16-17H,7-8,10-11H2,1-4H3. The van der Waals surface area contributed by atoms with Crippen molar-refractivity contribution >= 4 is 11.3 Å². The number of nitrogens with zero attached hydrogens (tertiary/aromatic N) is 1. The van der Waals surface area contributed by atoms with Crippen molar-refractivity contribution in [3.8, 4) is 0 Å². The largest absolute Gasteiger partial charge is 0.308 e. The van der Waals surface area contributed by atoms with Crippen LogP contribution in [0.5, 0.6) is 0 Å². The molecule has 1 aliphatic rings. The monoisotopic (exact) mass is 280 g/mol. The van der Waals surface area contributed by atoms with E-state index in [1.807, 2.05) is 11.3 Å². The molecular formula is C16H28N2S. The first-order valence-electron chi connectivity index (χ1n) is 7.50. The summed E-state index contributed by atoms with van der Waals surface area (Å²) >= 11 is 1.90. The van der Waals surface area contributed by atoms with Crippen LogP contribution in [0.2, 0.25) is 0 Å². The Bertz CT molecular complexity index is 345. The first-order valence-corrected chi connectivity index (χ1v) is 8.38. The fourth-order valence-electron chi connectivity index (χ4n) is 2.81. The zero-order valence-electron chi connectivity index (χ0n) is 12.7. The first-order chi connectivity index (χ1) is 9.06. The van der Waals surface area contributed by atoms with Gasteiger partial charge in [-0.25, -0.2) is 0 Å². The topological polar surface area (TPSA) is 15.3 Å². The summed E-state index contributed by atoms with van der Waals surface area (Å²) in [6.07, 6.45) is 4.05. The molecule has 1 aromatic heterocycles. The van der Waals surface area contributed by atoms with Crippen LogP contribution in [0.4, 0.5) is 0 Å². The van der Waals surface area contributed by atoms with E-state index in [1.54, 1.807) is 0 Å². The Morgan fingerprint density at radius 3 is 2.58 bits per heavy atom. The molecule has 2 unspecified atom stereocenters. The third-order valence-corrected chi connectivity index (χ3v) is 4.66. The predicted octanol–water partition coefficient (Wildman–Crippen LogP) is 3.77. The van der Waals surface area contributed by atoms with Crippen LogP contribution in [-0.2, 0) is 0 Å². The highest BCUT2D eigenvalue weighted by molar-refractivity contribution is 7.10. The molecule has 0 spiro atoms. The van der Waals surface area contributed by atoms with Crippen molar-refractivity contribution in [1.82, 2.24) is 10.2 Å². The SMILES string of the molecule is CC(C)CC(CN(C)C)NC(c1cccs1)C1CC1. The summed E-state index contributed by atoms with van der Waals surface area (Å²) in [5, 5.41) is 6.15. The van der Waals surface area contributed by atoms with Gasteiger partial charge in [-0.15, -0.1) is 11.3 Å². The number of nitrogens with one attached hydrogen (secondary N) is 1. The van der Waals surface area contributed by atoms with E-state index in [-0.39, 0.29) is 0 Å². The van der Waals surface area contributed by atoms with Crippen molar-refractivity contribution in [2.45, 2.75) is 45.2 Å². The second kappa shape index (κ2) is 6.87. The molecule has 1 N–H and O–H groups in total. The smallest absolute Gasteiger partial charge is 0.0445 e. The van der Waals surface area contributed by atoms with Gasteiger partial charge in [-0.05, 0) is 56.6 Å². The minimum absolute atomic E-state index is 0.587. The first kappa shape index (κ1) is 15.0. The molecule has 2 atom stereocenters. The van der Waals surface area contributed by atoms with Crippen LogP contribution in [0.25, 0.3) is 0 Å². The highest BCUT2D eigenvalue weighted by Crippen LogP contribution is 2.42. The van der Waals surface area contributed by atoms with Gasteiger partial charge in [0, 0.05) is 23.5 Å². The minimum Gasteiger partial charge on any atom is -0.308 e. The van der Waals surface area contributed by atoms with Crippen molar-refractivity contribution in [2.24, 2.45) is 11.8 Å². The van der Waals surface area contributed by atoms with E-state index in [0.29, 0.717) is 12.1 Å². The average molecular weight is 280 g/mol. The lowest BCUT2D eigenvalue weighted by molar-refractivity contribution is 0.279. The highest BCUT2D eigenvalue weighted by atomic mass is 32.1. The third kappa shape index (κ3) is 4.90. The van der Waals surface area contributed by atoms with Gasteiger partial charge in [0.15, 0.2) is 0 Å². The predicted molar refractivity (Wildman–Crippen MR) is 84.7 cm³/mol. The quantitative estimate of drug-likeness (QED) is 0.780. The molecule has 2 rings (SSSR count). The second-order valence-electron chi connectivity index (χ2n) is 6.59. The van der Waals surface area contributed by atoms with Gasteiger partial charge in [-0.1, -0.05) is 19.9 Å². The van der Waals surface area contributed by atoms with Crippen LogP contribution in [0.3, 0.4) is 0 Å². The van der Waals surface area contributed by atoms with Crippen molar-refractivity contribution in [1.29, 1.82) is 0 Å². The Morgan fingerprint density at radius 2 is 2.11 bits per heavy atom. The van der Waals surface area contributed by atoms with Crippen LogP contribution >= 0.6 is 11.3 Å². The van der Waals surface area contributed by atoms with Gasteiger partial charge in [0.1, 0.15) is 0 Å². The molecule has 1 saturated carbocycles. The number of hydrogen-bond donors (Lipinski definition) is 1. The van der Waals surface area contributed by atoms with Crippen LogP contribution in [0.15, 0.2) is 17.5 Å². The number of hydrogen-bond acceptors (Lipinski definition) is 3. The Morgan fingerprint density at radius 1 is 1.37 bits per heavy atom. The summed E-state index contributed by atoms with van der Waals surface area (Å²) < 4.78 is 0. The van der Waals surface area contributed by atoms with Gasteiger partial charge in [-0.2, -0.15) is 0 Å². The van der Waals surface area contributed by atoms with E-state index in [4.69, 9.17) is 0 Å². The van der Waals surface area contributed by atoms with Gasteiger partial charge < -0.3 is 10.2 Å². The summed E-state index contributed by atoms with van der Waals surface area (Å²) in [4.78, 5) is 3.83. The van der Waals surface area contributed by atoms with Gasteiger partial charge in [0.25, 0.3) is 0 Å². The Hall–Kier alpha value is -0.380. The number of thiophene rings is 1. The maximum absolute atomic E-state index is 3.95. The van der Waals surface area contributed by atoms with E-state index in [9.17, 15) is 0 Å². The third-order valence-electron chi connectivity index (χ3n) is 3.70. The van der Waals surface area contributed by atoms with E-state index >= 15 is 0 Å². The molecule has 0 aliphatic heterocycles. The van der Waals surface area contributed by atoms with E-state index in [2.05, 4.69) is 55.7 Å². The molecule has 0 amide bonds. The molecule has 0 aromatic carbocycles. The number of rotatable bonds is 8. The molecule has 2 nitrogen and oxygen atoms in total. The summed E-state index contributed by atoms with van der Waals surface area (Å²) in [7, 11) is 4.35. The van der Waals surface area contributed by atoms with Gasteiger partial charge in [0.2, 0.25) is 0 Å². The fourth-order valence-corrected chi connectivity index (χ4v) is 3.69. The lowest BCUT2D eigenvalue weighted by Crippen LogP contribution is -2.41. The summed E-state index contributed by atoms with van der Waals surface area (Å²) in [6, 6.07) is 5.66. The molecule has 1 heterocycles. The zero-order chi connectivity index (χ0) is 13.8. The lowest BCUT2D eigenvalue weighted by atomic mass is 10.0. The molecule has 108 valence electrons. The molecule has 1 aromatic rings. The van der Waals surface area contributed by atoms with Crippen LogP contribution in [0, 0.1) is 11.8 Å². The molecule has 0 bridgehead atoms. The van der Waals surface area contributed by atoms with Gasteiger partial charge in [-0.3, -0.25) is 0 Å². The second-order valence-corrected chi connectivity index (χ2v) is 7.57. The molecule has 19 heavy (non-hydrogen) atoms. The van der Waals surface area contributed by atoms with Gasteiger partial charge in [0.05, 0.1) is 0 Å². The van der Waals surface area contributed by atoms with Crippen LogP contribution in [0.1, 0.15) is 44.0 Å². The maximum Gasteiger partial charge on any atom is 0.0445 e. The van der Waals surface area contributed by atoms with Crippen LogP contribution in [-0.4, -0.2) is 31.6 Å². The van der Waals surface area contributed by atoms with Gasteiger partial charge >= 0.3 is 0 Å². The highest BCUT2D eigenvalue weighted by Gasteiger charge is 2.34. The van der Waals surface area contributed by atoms with E-state index < -0.39 is 0 Å². The summed E-state index contributed by atoms with van der Waals surface area (Å²) in [5.74, 6) is 1.62. The molecule has 3 heteroatoms. The zero-order valence-corrected chi connectivity index (χ0v) is 13.5. The Balaban J connectivity index is 2.00. The van der Waals surface area contributed by atoms with E-state index in [1.165, 1.54) is 24.1 Å². The molecule has 0 radical (unpaired) electrons. The Labute approximate surface area is 122 Å². The van der Waals surface area contributed by atoms with E-state index in [0.717, 1.165) is 18.4 Å². The minimum atomic E-state index is 0.587. The fraction of sp³-hybridized carbons (Fsp3) is 0.750. The molecule has 1 aliphatic carbocycles. The van der Waals surface area contributed by atoms with Crippen molar-refractivity contribution in [2.75, 3.05) is 20.6 Å². The number of likely N-dealkylation sites (N-methyl/N-ethyl adjacent to an activating group) is 1. The summed E-state index contributed by atoms with van der Waals surface area (Å²) in [6.45, 7) is 5.77. The molecule has 1 fully saturated rings. The normalized spacial score (nSPS) is 19.1. The lowest BCUT2D eigenvalue weighted by Gasteiger charge is -2.29. The van der Waals surface area contributed by atoms with Crippen molar-refractivity contribution in [3.63, 3.8) is 0 Å². The molecular weight excluding hydrogens is 252 g/mol. The van der Waals surface area contributed by atoms with Crippen molar-refractivity contribution < 1.29 is 0 Å². The van der Waals surface area contributed by atoms with Crippen molar-refractivity contribution in [3.05, 3.63) is 22.4 Å². The molecule has 0 saturated heterocycles. The maximum atomic E-state index is 3.95. The Kier molecular flexibility index (Phi) is 5.43. The average Bonchev–Trinajstić information content (AvgIpc) is 2.99.